The van der Waals surface area contributed by atoms with Gasteiger partial charge >= 0.3 is 0 Å². The number of thiophene rings is 1. The second-order valence-electron chi connectivity index (χ2n) is 4.41. The summed E-state index contributed by atoms with van der Waals surface area (Å²) in [6.07, 6.45) is 2.22. The van der Waals surface area contributed by atoms with Gasteiger partial charge in [-0.15, -0.1) is 11.3 Å². The summed E-state index contributed by atoms with van der Waals surface area (Å²) in [4.78, 5) is 3.91. The van der Waals surface area contributed by atoms with Gasteiger partial charge < -0.3 is 10.6 Å². The summed E-state index contributed by atoms with van der Waals surface area (Å²) in [6.45, 7) is 2.20. The maximum absolute atomic E-state index is 6.00. The van der Waals surface area contributed by atoms with E-state index >= 15 is 0 Å². The van der Waals surface area contributed by atoms with Crippen LogP contribution in [0, 0.1) is 0 Å². The SMILES string of the molecule is Nc1cccc2c1CCN2CCc1cccs1. The molecular formula is C14H16N2S. The lowest BCUT2D eigenvalue weighted by molar-refractivity contribution is 0.820. The summed E-state index contributed by atoms with van der Waals surface area (Å²) < 4.78 is 0. The summed E-state index contributed by atoms with van der Waals surface area (Å²) in [5.41, 5.74) is 9.61. The van der Waals surface area contributed by atoms with Gasteiger partial charge in [0, 0.05) is 34.9 Å². The van der Waals surface area contributed by atoms with Gasteiger partial charge in [0.25, 0.3) is 0 Å². The van der Waals surface area contributed by atoms with Crippen LogP contribution in [0.1, 0.15) is 10.4 Å². The molecule has 3 rings (SSSR count). The van der Waals surface area contributed by atoms with Crippen LogP contribution in [-0.4, -0.2) is 13.1 Å². The fourth-order valence-corrected chi connectivity index (χ4v) is 3.16. The molecule has 2 aromatic rings. The summed E-state index contributed by atoms with van der Waals surface area (Å²) in [6, 6.07) is 10.6. The zero-order chi connectivity index (χ0) is 11.7. The van der Waals surface area contributed by atoms with Crippen LogP contribution in [0.25, 0.3) is 0 Å². The molecule has 3 heteroatoms. The van der Waals surface area contributed by atoms with Crippen molar-refractivity contribution in [1.29, 1.82) is 0 Å². The van der Waals surface area contributed by atoms with Gasteiger partial charge in [0.15, 0.2) is 0 Å². The summed E-state index contributed by atoms with van der Waals surface area (Å²) in [7, 11) is 0. The van der Waals surface area contributed by atoms with Crippen molar-refractivity contribution >= 4 is 22.7 Å². The van der Waals surface area contributed by atoms with E-state index in [1.54, 1.807) is 0 Å². The highest BCUT2D eigenvalue weighted by molar-refractivity contribution is 7.09. The lowest BCUT2D eigenvalue weighted by Crippen LogP contribution is -2.22. The van der Waals surface area contributed by atoms with Crippen molar-refractivity contribution in [3.63, 3.8) is 0 Å². The van der Waals surface area contributed by atoms with Crippen LogP contribution in [0.15, 0.2) is 35.7 Å². The van der Waals surface area contributed by atoms with Crippen LogP contribution in [0.2, 0.25) is 0 Å². The lowest BCUT2D eigenvalue weighted by Gasteiger charge is -2.19. The average Bonchev–Trinajstić information content (AvgIpc) is 2.95. The molecule has 0 saturated heterocycles. The molecule has 88 valence electrons. The fourth-order valence-electron chi connectivity index (χ4n) is 2.46. The maximum Gasteiger partial charge on any atom is 0.0420 e. The normalized spacial score (nSPS) is 14.0. The third-order valence-electron chi connectivity index (χ3n) is 3.37. The molecule has 2 heterocycles. The van der Waals surface area contributed by atoms with Gasteiger partial charge in [-0.1, -0.05) is 12.1 Å². The molecule has 0 fully saturated rings. The van der Waals surface area contributed by atoms with E-state index in [4.69, 9.17) is 5.73 Å². The van der Waals surface area contributed by atoms with Gasteiger partial charge in [0.05, 0.1) is 0 Å². The quantitative estimate of drug-likeness (QED) is 0.841. The lowest BCUT2D eigenvalue weighted by atomic mass is 10.1. The summed E-state index contributed by atoms with van der Waals surface area (Å²) in [5.74, 6) is 0. The Labute approximate surface area is 106 Å². The molecule has 0 radical (unpaired) electrons. The zero-order valence-corrected chi connectivity index (χ0v) is 10.5. The fraction of sp³-hybridized carbons (Fsp3) is 0.286. The molecular weight excluding hydrogens is 228 g/mol. The average molecular weight is 244 g/mol. The predicted molar refractivity (Wildman–Crippen MR) is 74.8 cm³/mol. The zero-order valence-electron chi connectivity index (χ0n) is 9.73. The van der Waals surface area contributed by atoms with E-state index in [1.807, 2.05) is 17.4 Å². The molecule has 17 heavy (non-hydrogen) atoms. The molecule has 0 bridgehead atoms. The minimum Gasteiger partial charge on any atom is -0.398 e. The van der Waals surface area contributed by atoms with Crippen molar-refractivity contribution in [3.8, 4) is 0 Å². The Morgan fingerprint density at radius 2 is 2.18 bits per heavy atom. The Morgan fingerprint density at radius 3 is 3.00 bits per heavy atom. The molecule has 1 aromatic heterocycles. The molecule has 1 aliphatic heterocycles. The van der Waals surface area contributed by atoms with E-state index in [2.05, 4.69) is 34.5 Å². The largest absolute Gasteiger partial charge is 0.398 e. The Kier molecular flexibility index (Phi) is 2.77. The molecule has 0 amide bonds. The van der Waals surface area contributed by atoms with Crippen LogP contribution in [0.5, 0.6) is 0 Å². The van der Waals surface area contributed by atoms with Crippen molar-refractivity contribution in [2.45, 2.75) is 12.8 Å². The first kappa shape index (κ1) is 10.7. The van der Waals surface area contributed by atoms with Gasteiger partial charge in [-0.25, -0.2) is 0 Å². The molecule has 0 unspecified atom stereocenters. The first-order chi connectivity index (χ1) is 8.34. The van der Waals surface area contributed by atoms with Gasteiger partial charge in [-0.05, 0) is 36.4 Å². The van der Waals surface area contributed by atoms with Crippen molar-refractivity contribution in [2.24, 2.45) is 0 Å². The minimum atomic E-state index is 0.945. The van der Waals surface area contributed by atoms with Crippen molar-refractivity contribution in [1.82, 2.24) is 0 Å². The Balaban J connectivity index is 1.73. The molecule has 2 N–H and O–H groups in total. The van der Waals surface area contributed by atoms with Crippen LogP contribution in [0.4, 0.5) is 11.4 Å². The summed E-state index contributed by atoms with van der Waals surface area (Å²) in [5, 5.41) is 2.14. The Morgan fingerprint density at radius 1 is 1.24 bits per heavy atom. The third kappa shape index (κ3) is 2.03. The highest BCUT2D eigenvalue weighted by Gasteiger charge is 2.20. The molecule has 0 atom stereocenters. The smallest absolute Gasteiger partial charge is 0.0420 e. The third-order valence-corrected chi connectivity index (χ3v) is 4.30. The monoisotopic (exact) mass is 244 g/mol. The molecule has 2 nitrogen and oxygen atoms in total. The number of anilines is 2. The molecule has 1 aliphatic rings. The number of hydrogen-bond donors (Lipinski definition) is 1. The molecule has 0 aliphatic carbocycles. The van der Waals surface area contributed by atoms with E-state index in [-0.39, 0.29) is 0 Å². The van der Waals surface area contributed by atoms with Crippen LogP contribution in [0.3, 0.4) is 0 Å². The van der Waals surface area contributed by atoms with Crippen LogP contribution >= 0.6 is 11.3 Å². The Hall–Kier alpha value is -1.48. The predicted octanol–water partition coefficient (Wildman–Crippen LogP) is 2.94. The van der Waals surface area contributed by atoms with Crippen LogP contribution < -0.4 is 10.6 Å². The first-order valence-electron chi connectivity index (χ1n) is 5.99. The molecule has 0 saturated carbocycles. The number of rotatable bonds is 3. The number of nitrogens with two attached hydrogens (primary N) is 1. The molecule has 0 spiro atoms. The topological polar surface area (TPSA) is 29.3 Å². The van der Waals surface area contributed by atoms with E-state index < -0.39 is 0 Å². The van der Waals surface area contributed by atoms with Crippen molar-refractivity contribution < 1.29 is 0 Å². The van der Waals surface area contributed by atoms with Crippen molar-refractivity contribution in [2.75, 3.05) is 23.7 Å². The second kappa shape index (κ2) is 4.41. The highest BCUT2D eigenvalue weighted by Crippen LogP contribution is 2.32. The number of nitrogen functional groups attached to an aromatic ring is 1. The standard InChI is InChI=1S/C14H16N2S/c15-13-4-1-5-14-12(13)7-9-16(14)8-6-11-3-2-10-17-11/h1-5,10H,6-9,15H2. The van der Waals surface area contributed by atoms with E-state index in [0.29, 0.717) is 0 Å². The number of hydrogen-bond acceptors (Lipinski definition) is 3. The van der Waals surface area contributed by atoms with Crippen LogP contribution in [-0.2, 0) is 12.8 Å². The van der Waals surface area contributed by atoms with E-state index in [9.17, 15) is 0 Å². The number of nitrogens with zero attached hydrogens (tertiary/aromatic N) is 1. The van der Waals surface area contributed by atoms with E-state index in [1.165, 1.54) is 16.1 Å². The number of benzene rings is 1. The molecule has 1 aromatic carbocycles. The second-order valence-corrected chi connectivity index (χ2v) is 5.44. The van der Waals surface area contributed by atoms with E-state index in [0.717, 1.165) is 31.6 Å². The van der Waals surface area contributed by atoms with Gasteiger partial charge in [-0.3, -0.25) is 0 Å². The van der Waals surface area contributed by atoms with Gasteiger partial charge in [0.1, 0.15) is 0 Å². The van der Waals surface area contributed by atoms with Crippen molar-refractivity contribution in [3.05, 3.63) is 46.2 Å². The van der Waals surface area contributed by atoms with Gasteiger partial charge in [0.2, 0.25) is 0 Å². The van der Waals surface area contributed by atoms with Gasteiger partial charge in [-0.2, -0.15) is 0 Å². The summed E-state index contributed by atoms with van der Waals surface area (Å²) >= 11 is 1.84. The highest BCUT2D eigenvalue weighted by atomic mass is 32.1. The Bertz CT molecular complexity index is 505. The number of fused-ring (bicyclic) bond motifs is 1. The first-order valence-corrected chi connectivity index (χ1v) is 6.87. The maximum atomic E-state index is 6.00. The minimum absolute atomic E-state index is 0.945.